The van der Waals surface area contributed by atoms with Crippen LogP contribution in [0.2, 0.25) is 5.15 Å². The molecule has 2 amide bonds. The van der Waals surface area contributed by atoms with E-state index in [1.165, 1.54) is 27.4 Å². The number of nitrogens with zero attached hydrogens (tertiary/aromatic N) is 9. The van der Waals surface area contributed by atoms with Crippen LogP contribution >= 0.6 is 11.6 Å². The van der Waals surface area contributed by atoms with E-state index in [2.05, 4.69) is 32.2 Å². The van der Waals surface area contributed by atoms with Gasteiger partial charge in [-0.15, -0.1) is 0 Å². The number of rotatable bonds is 9. The van der Waals surface area contributed by atoms with Gasteiger partial charge in [-0.05, 0) is 78.9 Å². The summed E-state index contributed by atoms with van der Waals surface area (Å²) < 4.78 is 19.7. The standard InChI is InChI=1S/C26H31N5O4.C15H17ClN4O3/c1-26(2,3)35-25(33)30(21-7-8-21)23-14-22(28-24-20(17-32)15-27-31(23)24)19-6-4-5-18(13-19)16-29-9-11-34-12-10-29;1-15(2,3)23-14(22)19(10-4-5-10)12-6-11(16)18-13-9(8-21)7-17-20(12)13/h4-6,13-15,17,21H,7-12,16H2,1-3H3;6-8,10H,4-5H2,1-3H3. The molecular weight excluding hydrogens is 766 g/mol. The Morgan fingerprint density at radius 1 is 0.793 bits per heavy atom. The van der Waals surface area contributed by atoms with Gasteiger partial charge in [-0.3, -0.25) is 24.3 Å². The van der Waals surface area contributed by atoms with Crippen molar-refractivity contribution in [1.82, 2.24) is 34.1 Å². The molecule has 1 aliphatic heterocycles. The van der Waals surface area contributed by atoms with E-state index in [0.29, 0.717) is 46.0 Å². The molecule has 17 heteroatoms. The number of benzene rings is 1. The summed E-state index contributed by atoms with van der Waals surface area (Å²) in [5.74, 6) is 0.998. The summed E-state index contributed by atoms with van der Waals surface area (Å²) in [6.45, 7) is 15.1. The lowest BCUT2D eigenvalue weighted by atomic mass is 10.1. The van der Waals surface area contributed by atoms with Gasteiger partial charge in [-0.2, -0.15) is 19.2 Å². The molecule has 8 rings (SSSR count). The molecule has 5 heterocycles. The van der Waals surface area contributed by atoms with E-state index in [1.807, 2.05) is 59.7 Å². The van der Waals surface area contributed by atoms with Crippen LogP contribution in [0.5, 0.6) is 0 Å². The molecular formula is C41H48ClN9O7. The minimum absolute atomic E-state index is 0.0276. The molecule has 0 bridgehead atoms. The third-order valence-corrected chi connectivity index (χ3v) is 9.61. The van der Waals surface area contributed by atoms with E-state index in [4.69, 9.17) is 30.8 Å². The van der Waals surface area contributed by atoms with Gasteiger partial charge in [0.2, 0.25) is 0 Å². The molecule has 58 heavy (non-hydrogen) atoms. The van der Waals surface area contributed by atoms with E-state index in [9.17, 15) is 19.2 Å². The number of anilines is 2. The van der Waals surface area contributed by atoms with Gasteiger partial charge in [0.05, 0.1) is 42.4 Å². The van der Waals surface area contributed by atoms with Crippen molar-refractivity contribution < 1.29 is 33.4 Å². The Morgan fingerprint density at radius 3 is 1.81 bits per heavy atom. The second-order valence-electron chi connectivity index (χ2n) is 16.6. The number of hydrogen-bond donors (Lipinski definition) is 0. The molecule has 3 aliphatic rings. The van der Waals surface area contributed by atoms with Gasteiger partial charge in [0.25, 0.3) is 0 Å². The third kappa shape index (κ3) is 9.46. The predicted molar refractivity (Wildman–Crippen MR) is 217 cm³/mol. The highest BCUT2D eigenvalue weighted by atomic mass is 35.5. The molecule has 0 atom stereocenters. The van der Waals surface area contributed by atoms with Gasteiger partial charge in [-0.25, -0.2) is 19.6 Å². The summed E-state index contributed by atoms with van der Waals surface area (Å²) >= 11 is 6.07. The summed E-state index contributed by atoms with van der Waals surface area (Å²) in [5.41, 5.74) is 2.93. The molecule has 0 radical (unpaired) electrons. The number of aldehydes is 2. The maximum Gasteiger partial charge on any atom is 0.416 e. The Kier molecular flexibility index (Phi) is 11.5. The highest BCUT2D eigenvalue weighted by molar-refractivity contribution is 6.30. The van der Waals surface area contributed by atoms with Crippen molar-refractivity contribution >= 4 is 59.3 Å². The molecule has 2 saturated carbocycles. The van der Waals surface area contributed by atoms with Gasteiger partial charge in [0.15, 0.2) is 23.9 Å². The number of morpholine rings is 1. The van der Waals surface area contributed by atoms with Crippen LogP contribution < -0.4 is 9.80 Å². The number of hydrogen-bond acceptors (Lipinski definition) is 12. The Hall–Kier alpha value is -5.45. The molecule has 306 valence electrons. The first-order chi connectivity index (χ1) is 27.6. The zero-order valence-electron chi connectivity index (χ0n) is 33.6. The fourth-order valence-electron chi connectivity index (χ4n) is 6.55. The van der Waals surface area contributed by atoms with Crippen molar-refractivity contribution in [1.29, 1.82) is 0 Å². The minimum Gasteiger partial charge on any atom is -0.443 e. The summed E-state index contributed by atoms with van der Waals surface area (Å²) in [5, 5.41) is 8.72. The van der Waals surface area contributed by atoms with Crippen molar-refractivity contribution in [2.75, 3.05) is 36.1 Å². The molecule has 16 nitrogen and oxygen atoms in total. The van der Waals surface area contributed by atoms with E-state index >= 15 is 0 Å². The second-order valence-corrected chi connectivity index (χ2v) is 17.0. The summed E-state index contributed by atoms with van der Waals surface area (Å²) in [6.07, 6.45) is 6.91. The number of fused-ring (bicyclic) bond motifs is 2. The van der Waals surface area contributed by atoms with Gasteiger partial charge in [-0.1, -0.05) is 29.8 Å². The molecule has 0 N–H and O–H groups in total. The molecule has 3 fully saturated rings. The van der Waals surface area contributed by atoms with Crippen LogP contribution in [0.25, 0.3) is 22.6 Å². The van der Waals surface area contributed by atoms with E-state index in [1.54, 1.807) is 15.5 Å². The van der Waals surface area contributed by atoms with Crippen LogP contribution in [0, 0.1) is 0 Å². The van der Waals surface area contributed by atoms with E-state index in [-0.39, 0.29) is 17.2 Å². The van der Waals surface area contributed by atoms with Crippen LogP contribution in [0.4, 0.5) is 21.2 Å². The topological polar surface area (TPSA) is 166 Å². The normalized spacial score (nSPS) is 16.1. The van der Waals surface area contributed by atoms with Crippen molar-refractivity contribution in [3.8, 4) is 11.3 Å². The number of ether oxygens (including phenoxy) is 3. The first kappa shape index (κ1) is 40.7. The number of carbonyl (C=O) groups excluding carboxylic acids is 4. The monoisotopic (exact) mass is 813 g/mol. The van der Waals surface area contributed by atoms with Crippen molar-refractivity contribution in [3.63, 3.8) is 0 Å². The second kappa shape index (κ2) is 16.4. The number of carbonyl (C=O) groups is 4. The molecule has 0 spiro atoms. The molecule has 5 aromatic rings. The van der Waals surface area contributed by atoms with Gasteiger partial charge >= 0.3 is 12.2 Å². The van der Waals surface area contributed by atoms with Crippen LogP contribution in [0.1, 0.15) is 93.5 Å². The molecule has 1 aromatic carbocycles. The lowest BCUT2D eigenvalue weighted by Crippen LogP contribution is -2.39. The maximum atomic E-state index is 13.2. The fourth-order valence-corrected chi connectivity index (χ4v) is 6.73. The van der Waals surface area contributed by atoms with Gasteiger partial charge in [0.1, 0.15) is 28.0 Å². The lowest BCUT2D eigenvalue weighted by molar-refractivity contribution is 0.0342. The zero-order valence-corrected chi connectivity index (χ0v) is 34.3. The lowest BCUT2D eigenvalue weighted by Gasteiger charge is -2.28. The van der Waals surface area contributed by atoms with Crippen LogP contribution in [0.15, 0.2) is 48.8 Å². The fraction of sp³-hybridized carbons (Fsp3) is 0.463. The number of halogens is 1. The minimum atomic E-state index is -0.634. The maximum absolute atomic E-state index is 13.2. The largest absolute Gasteiger partial charge is 0.443 e. The Balaban J connectivity index is 0.000000193. The number of aromatic nitrogens is 6. The smallest absolute Gasteiger partial charge is 0.416 e. The van der Waals surface area contributed by atoms with Crippen LogP contribution in [0.3, 0.4) is 0 Å². The predicted octanol–water partition coefficient (Wildman–Crippen LogP) is 7.04. The SMILES string of the molecule is CC(C)(C)OC(=O)N(c1cc(-c2cccc(CN3CCOCC3)c2)nc2c(C=O)cnn12)C1CC1.CC(C)(C)OC(=O)N(c1cc(Cl)nc2c(C=O)cnn12)C1CC1. The summed E-state index contributed by atoms with van der Waals surface area (Å²) in [6, 6.07) is 11.7. The summed E-state index contributed by atoms with van der Waals surface area (Å²) in [7, 11) is 0. The van der Waals surface area contributed by atoms with Gasteiger partial charge in [0, 0.05) is 49.4 Å². The molecule has 0 unspecified atom stereocenters. The zero-order chi connectivity index (χ0) is 41.4. The quantitative estimate of drug-likeness (QED) is 0.110. The summed E-state index contributed by atoms with van der Waals surface area (Å²) in [4.78, 5) is 63.1. The van der Waals surface area contributed by atoms with Crippen molar-refractivity contribution in [3.05, 3.63) is 70.6 Å². The average Bonchev–Trinajstić information content (AvgIpc) is 4.09. The Morgan fingerprint density at radius 2 is 1.31 bits per heavy atom. The first-order valence-corrected chi connectivity index (χ1v) is 19.8. The Bertz CT molecular complexity index is 2330. The van der Waals surface area contributed by atoms with E-state index in [0.717, 1.165) is 70.4 Å². The highest BCUT2D eigenvalue weighted by Gasteiger charge is 2.40. The first-order valence-electron chi connectivity index (χ1n) is 19.4. The van der Waals surface area contributed by atoms with Crippen LogP contribution in [-0.2, 0) is 20.8 Å². The third-order valence-electron chi connectivity index (χ3n) is 9.41. The van der Waals surface area contributed by atoms with Crippen molar-refractivity contribution in [2.45, 2.75) is 97.1 Å². The van der Waals surface area contributed by atoms with Crippen molar-refractivity contribution in [2.24, 2.45) is 0 Å². The molecule has 2 aliphatic carbocycles. The van der Waals surface area contributed by atoms with Crippen LogP contribution in [-0.4, -0.2) is 108 Å². The molecule has 1 saturated heterocycles. The van der Waals surface area contributed by atoms with Gasteiger partial charge < -0.3 is 14.2 Å². The average molecular weight is 814 g/mol. The Labute approximate surface area is 341 Å². The van der Waals surface area contributed by atoms with E-state index < -0.39 is 23.4 Å². The number of amides is 2. The highest BCUT2D eigenvalue weighted by Crippen LogP contribution is 2.36. The molecule has 4 aromatic heterocycles.